The van der Waals surface area contributed by atoms with E-state index < -0.39 is 65.2 Å². The molecule has 2 aromatic carbocycles. The largest absolute Gasteiger partial charge is 0.481 e. The van der Waals surface area contributed by atoms with Crippen LogP contribution in [0.3, 0.4) is 0 Å². The van der Waals surface area contributed by atoms with Crippen LogP contribution in [0.1, 0.15) is 282 Å². The molecule has 8 N–H and O–H groups in total. The van der Waals surface area contributed by atoms with Gasteiger partial charge in [-0.15, -0.1) is 12.4 Å². The summed E-state index contributed by atoms with van der Waals surface area (Å²) in [6, 6.07) is 21.2. The topological polar surface area (TPSA) is 359 Å². The fraction of sp³-hybridized carbons (Fsp3) is 0.718. The van der Waals surface area contributed by atoms with Gasteiger partial charge in [0.2, 0.25) is 5.91 Å². The molecule has 0 saturated heterocycles. The SMILES string of the molecule is CCC(C)(C)CC(=O)N(C)OC.CCC(C)(C)CC(=O)O.CCC(C)(C)CC(C#N)NCc1ccccc1.CCC(C)(C)CC(N)C(=O)O.CCC(C)(C)CC(NCc1ccccc1)C(=O)O.CCC(C)(C)CC=O.CCOC(=O)C(C(=O)OCC)=C(C)C.CCOC(=O)C(C(=O)OCC)C(C)(C)CC.CNOC.Cl. The number of carboxylic acid groups (broad SMARTS) is 3. The molecule has 3 unspecified atom stereocenters. The van der Waals surface area contributed by atoms with Crippen LogP contribution in [0.25, 0.3) is 0 Å². The Balaban J connectivity index is -0.000000181. The van der Waals surface area contributed by atoms with Gasteiger partial charge in [-0.2, -0.15) is 5.26 Å². The second kappa shape index (κ2) is 65.7. The Hall–Kier alpha value is -6.85. The molecule has 2 aromatic rings. The molecule has 24 nitrogen and oxygen atoms in total. The number of hydrogen-bond acceptors (Lipinski definition) is 20. The maximum atomic E-state index is 11.7. The van der Waals surface area contributed by atoms with Gasteiger partial charge in [-0.25, -0.2) is 20.1 Å². The van der Waals surface area contributed by atoms with Gasteiger partial charge in [0, 0.05) is 40.0 Å². The van der Waals surface area contributed by atoms with Gasteiger partial charge < -0.3 is 54.9 Å². The number of aliphatic carboxylic acids is 3. The maximum Gasteiger partial charge on any atom is 0.345 e. The number of aldehydes is 1. The number of carboxylic acids is 3. The summed E-state index contributed by atoms with van der Waals surface area (Å²) < 4.78 is 19.3. The lowest BCUT2D eigenvalue weighted by atomic mass is 9.76. The third-order valence-corrected chi connectivity index (χ3v) is 18.5. The highest BCUT2D eigenvalue weighted by atomic mass is 35.5. The number of amides is 1. The number of rotatable bonds is 38. The van der Waals surface area contributed by atoms with Crippen LogP contribution >= 0.6 is 12.4 Å². The summed E-state index contributed by atoms with van der Waals surface area (Å²) in [7, 11) is 6.41. The molecule has 110 heavy (non-hydrogen) atoms. The minimum atomic E-state index is -0.911. The summed E-state index contributed by atoms with van der Waals surface area (Å²) in [6.45, 7) is 55.7. The Labute approximate surface area is 671 Å². The molecule has 1 amide bonds. The van der Waals surface area contributed by atoms with Crippen molar-refractivity contribution in [2.75, 3.05) is 54.7 Å². The molecule has 2 rings (SSSR count). The number of halogens is 1. The molecular weight excluding hydrogens is 1430 g/mol. The Kier molecular flexibility index (Phi) is 71.0. The third kappa shape index (κ3) is 65.8. The number of nitrogens with two attached hydrogens (primary N) is 1. The van der Waals surface area contributed by atoms with Crippen LogP contribution < -0.4 is 21.8 Å². The molecule has 0 aromatic heterocycles. The second-order valence-corrected chi connectivity index (χ2v) is 31.7. The summed E-state index contributed by atoms with van der Waals surface area (Å²) in [5, 5.41) is 43.0. The van der Waals surface area contributed by atoms with Crippen LogP contribution in [0.5, 0.6) is 0 Å². The van der Waals surface area contributed by atoms with E-state index >= 15 is 0 Å². The first kappa shape index (κ1) is 119. The molecular formula is C85H155ClN6O18. The Bertz CT molecular complexity index is 2820. The van der Waals surface area contributed by atoms with E-state index in [-0.39, 0.29) is 95.3 Å². The standard InChI is InChI=1S/C15H22N2.C15H23NO2.C12H22O4.C10H16O4.C9H19NO2.C8H17NO2.C7H14O2.C7H14O.C2H7NO.ClH/c1-4-15(2,3)10-14(11-16)17-12-13-8-6-5-7-9-13;1-4-15(2,3)10-13(14(17)18)16-11-12-8-6-5-7-9-12;1-6-12(4,5)9(10(13)15-7-2)11(14)16-8-3;1-5-13-9(11)8(7(3)4)10(12)14-6-2;1-6-9(2,3)7-8(11)10(4)12-5;1-4-8(2,3)5-6(9)7(10)11;1-4-7(2,3)5-6(8)9;1-4-7(2,3)5-6-8;1-3-4-2;/h5-9,14,17H,4,10,12H2,1-3H3;5-9,13,16H,4,10-11H2,1-3H3,(H,17,18);9H,6-8H2,1-5H3;5-6H2,1-4H3;6-7H2,1-5H3;6H,4-5,9H2,1-3H3,(H,10,11);4-5H2,1-3H3,(H,8,9);6H,4-5H2,1-3H3;3H,1-2H3;1H. The molecule has 0 heterocycles. The number of nitrogens with zero attached hydrogens (tertiary/aromatic N) is 2. The number of allylic oxidation sites excluding steroid dienone is 1. The Morgan fingerprint density at radius 1 is 0.527 bits per heavy atom. The van der Waals surface area contributed by atoms with Gasteiger partial charge in [-0.3, -0.25) is 38.9 Å². The first-order valence-corrected chi connectivity index (χ1v) is 38.5. The maximum absolute atomic E-state index is 11.7. The zero-order valence-electron chi connectivity index (χ0n) is 73.9. The van der Waals surface area contributed by atoms with Crippen molar-refractivity contribution in [3.8, 4) is 6.07 Å². The molecule has 3 atom stereocenters. The normalized spacial score (nSPS) is 11.7. The average molecular weight is 1580 g/mol. The number of hydrogen-bond donors (Lipinski definition) is 7. The van der Waals surface area contributed by atoms with Crippen LogP contribution in [0.15, 0.2) is 71.8 Å². The van der Waals surface area contributed by atoms with Gasteiger partial charge in [0.05, 0.1) is 59.2 Å². The average Bonchev–Trinajstić information content (AvgIpc) is 0.825. The zero-order valence-corrected chi connectivity index (χ0v) is 74.8. The van der Waals surface area contributed by atoms with Gasteiger partial charge in [-0.05, 0) is 116 Å². The highest BCUT2D eigenvalue weighted by Gasteiger charge is 2.42. The van der Waals surface area contributed by atoms with E-state index in [4.69, 9.17) is 45.0 Å². The number of nitriles is 1. The van der Waals surface area contributed by atoms with Crippen molar-refractivity contribution in [2.24, 2.45) is 49.6 Å². The first-order valence-electron chi connectivity index (χ1n) is 38.5. The first-order chi connectivity index (χ1) is 50.3. The van der Waals surface area contributed by atoms with E-state index in [2.05, 4.69) is 122 Å². The molecule has 640 valence electrons. The molecule has 0 radical (unpaired) electrons. The molecule has 0 aliphatic heterocycles. The summed E-state index contributed by atoms with van der Waals surface area (Å²) >= 11 is 0. The number of carbonyl (C=O) groups is 9. The third-order valence-electron chi connectivity index (χ3n) is 18.5. The molecule has 25 heteroatoms. The zero-order chi connectivity index (χ0) is 86.6. The fourth-order valence-corrected chi connectivity index (χ4v) is 8.24. The summed E-state index contributed by atoms with van der Waals surface area (Å²) in [5.74, 6) is -5.42. The molecule has 0 saturated carbocycles. The van der Waals surface area contributed by atoms with E-state index in [0.717, 1.165) is 63.3 Å². The smallest absolute Gasteiger partial charge is 0.345 e. The number of esters is 4. The van der Waals surface area contributed by atoms with Gasteiger partial charge in [0.1, 0.15) is 23.9 Å². The number of carbonyl (C=O) groups excluding carboxylic acids is 6. The molecule has 0 spiro atoms. The summed E-state index contributed by atoms with van der Waals surface area (Å²) in [6.07, 6.45) is 11.3. The lowest BCUT2D eigenvalue weighted by Gasteiger charge is -2.29. The van der Waals surface area contributed by atoms with E-state index in [1.807, 2.05) is 111 Å². The predicted molar refractivity (Wildman–Crippen MR) is 444 cm³/mol. The highest BCUT2D eigenvalue weighted by molar-refractivity contribution is 6.14. The van der Waals surface area contributed by atoms with Crippen molar-refractivity contribution in [3.05, 3.63) is 82.9 Å². The van der Waals surface area contributed by atoms with Gasteiger partial charge >= 0.3 is 41.8 Å². The van der Waals surface area contributed by atoms with Crippen molar-refractivity contribution in [1.82, 2.24) is 21.2 Å². The lowest BCUT2D eigenvalue weighted by Crippen LogP contribution is -2.39. The van der Waals surface area contributed by atoms with E-state index in [9.17, 15) is 48.3 Å². The van der Waals surface area contributed by atoms with E-state index in [1.165, 1.54) is 17.7 Å². The number of benzene rings is 2. The molecule has 0 fully saturated rings. The van der Waals surface area contributed by atoms with Crippen LogP contribution in [0.4, 0.5) is 0 Å². The van der Waals surface area contributed by atoms with Crippen LogP contribution in [-0.2, 0) is 84.9 Å². The van der Waals surface area contributed by atoms with Crippen molar-refractivity contribution >= 4 is 66.4 Å². The van der Waals surface area contributed by atoms with E-state index in [1.54, 1.807) is 62.7 Å². The summed E-state index contributed by atoms with van der Waals surface area (Å²) in [5.41, 5.74) is 10.9. The molecule has 0 aliphatic carbocycles. The number of nitrogens with one attached hydrogen (secondary N) is 3. The lowest BCUT2D eigenvalue weighted by molar-refractivity contribution is -0.171. The number of ether oxygens (including phenoxy) is 4. The highest BCUT2D eigenvalue weighted by Crippen LogP contribution is 2.33. The number of hydroxylamine groups is 3. The Morgan fingerprint density at radius 3 is 1.15 bits per heavy atom. The molecule has 0 aliphatic rings. The van der Waals surface area contributed by atoms with E-state index in [0.29, 0.717) is 44.2 Å². The fourth-order valence-electron chi connectivity index (χ4n) is 8.24. The predicted octanol–water partition coefficient (Wildman–Crippen LogP) is 17.3. The van der Waals surface area contributed by atoms with Crippen molar-refractivity contribution in [2.45, 2.75) is 302 Å². The second-order valence-electron chi connectivity index (χ2n) is 31.7. The quantitative estimate of drug-likeness (QED) is 0.00624. The van der Waals surface area contributed by atoms with Crippen molar-refractivity contribution < 1.29 is 87.1 Å². The van der Waals surface area contributed by atoms with Gasteiger partial charge in [-0.1, -0.05) is 250 Å². The van der Waals surface area contributed by atoms with Crippen LogP contribution in [0, 0.1) is 55.2 Å². The summed E-state index contributed by atoms with van der Waals surface area (Å²) in [4.78, 5) is 108. The minimum Gasteiger partial charge on any atom is -0.481 e. The Morgan fingerprint density at radius 2 is 0.882 bits per heavy atom. The van der Waals surface area contributed by atoms with Crippen LogP contribution in [0.2, 0.25) is 0 Å². The molecule has 0 bridgehead atoms. The minimum absolute atomic E-state index is 0. The van der Waals surface area contributed by atoms with Crippen molar-refractivity contribution in [3.63, 3.8) is 0 Å². The van der Waals surface area contributed by atoms with Gasteiger partial charge in [0.15, 0.2) is 5.92 Å². The van der Waals surface area contributed by atoms with Gasteiger partial charge in [0.25, 0.3) is 0 Å². The van der Waals surface area contributed by atoms with Crippen molar-refractivity contribution in [1.29, 1.82) is 5.26 Å². The monoisotopic (exact) mass is 1580 g/mol. The van der Waals surface area contributed by atoms with Crippen LogP contribution in [-0.4, -0.2) is 147 Å².